The van der Waals surface area contributed by atoms with E-state index in [2.05, 4.69) is 353 Å². The van der Waals surface area contributed by atoms with Gasteiger partial charge in [0, 0.05) is 65.5 Å². The maximum atomic E-state index is 6.50. The summed E-state index contributed by atoms with van der Waals surface area (Å²) in [5.74, 6) is 0. The molecule has 6 heteroatoms. The first-order chi connectivity index (χ1) is 50.6. The van der Waals surface area contributed by atoms with Gasteiger partial charge >= 0.3 is 0 Å². The second-order valence-corrected chi connectivity index (χ2v) is 26.2. The number of para-hydroxylation sites is 6. The van der Waals surface area contributed by atoms with Gasteiger partial charge < -0.3 is 27.0 Å². The molecule has 6 heterocycles. The molecule has 0 aliphatic carbocycles. The molecular formula is C96H61N3O3. The number of nitrogens with zero attached hydrogens (tertiary/aromatic N) is 3. The lowest BCUT2D eigenvalue weighted by Crippen LogP contribution is -1.96. The number of hydrogen-bond acceptors (Lipinski definition) is 3. The van der Waals surface area contributed by atoms with Crippen LogP contribution in [0.1, 0.15) is 0 Å². The summed E-state index contributed by atoms with van der Waals surface area (Å²) in [6, 6.07) is 131. The summed E-state index contributed by atoms with van der Waals surface area (Å²) in [6.07, 6.45) is 0. The van der Waals surface area contributed by atoms with Crippen LogP contribution in [0.3, 0.4) is 0 Å². The number of aromatic nitrogens is 3. The van der Waals surface area contributed by atoms with Gasteiger partial charge in [-0.3, -0.25) is 0 Å². The van der Waals surface area contributed by atoms with Crippen molar-refractivity contribution in [2.45, 2.75) is 0 Å². The summed E-state index contributed by atoms with van der Waals surface area (Å²) in [4.78, 5) is 0. The van der Waals surface area contributed by atoms with Crippen LogP contribution in [0, 0.1) is 0 Å². The number of hydrogen-bond donors (Lipinski definition) is 0. The lowest BCUT2D eigenvalue weighted by Gasteiger charge is -2.14. The summed E-state index contributed by atoms with van der Waals surface area (Å²) in [7, 11) is 0. The van der Waals surface area contributed by atoms with Crippen LogP contribution in [0.25, 0.3) is 193 Å². The van der Waals surface area contributed by atoms with Crippen LogP contribution in [0.15, 0.2) is 383 Å². The van der Waals surface area contributed by atoms with Gasteiger partial charge in [0.05, 0.1) is 49.3 Å². The van der Waals surface area contributed by atoms with Gasteiger partial charge in [-0.25, -0.2) is 0 Å². The van der Waals surface area contributed by atoms with E-state index in [1.807, 2.05) is 30.3 Å². The van der Waals surface area contributed by atoms with Crippen LogP contribution in [-0.4, -0.2) is 13.7 Å². The van der Waals surface area contributed by atoms with Crippen molar-refractivity contribution in [3.63, 3.8) is 0 Å². The van der Waals surface area contributed by atoms with E-state index in [0.717, 1.165) is 105 Å². The van der Waals surface area contributed by atoms with Crippen molar-refractivity contribution >= 4 is 131 Å². The fourth-order valence-electron chi connectivity index (χ4n) is 15.8. The van der Waals surface area contributed by atoms with Crippen LogP contribution >= 0.6 is 0 Å². The van der Waals surface area contributed by atoms with E-state index in [1.54, 1.807) is 0 Å². The molecule has 0 saturated carbocycles. The van der Waals surface area contributed by atoms with Crippen LogP contribution < -0.4 is 0 Å². The molecule has 0 N–H and O–H groups in total. The molecule has 478 valence electrons. The molecule has 6 nitrogen and oxygen atoms in total. The molecule has 22 aromatic rings. The zero-order chi connectivity index (χ0) is 67.2. The Labute approximate surface area is 586 Å². The predicted octanol–water partition coefficient (Wildman–Crippen LogP) is 26.7. The molecule has 0 spiro atoms. The number of rotatable bonds is 7. The molecule has 0 aliphatic rings. The molecular weight excluding hydrogens is 1240 g/mol. The Morgan fingerprint density at radius 3 is 0.853 bits per heavy atom. The van der Waals surface area contributed by atoms with Gasteiger partial charge in [0.2, 0.25) is 0 Å². The summed E-state index contributed by atoms with van der Waals surface area (Å²) >= 11 is 0. The molecule has 102 heavy (non-hydrogen) atoms. The van der Waals surface area contributed by atoms with Crippen LogP contribution in [0.5, 0.6) is 0 Å². The first-order valence-electron chi connectivity index (χ1n) is 34.7. The van der Waals surface area contributed by atoms with Crippen molar-refractivity contribution < 1.29 is 13.3 Å². The topological polar surface area (TPSA) is 54.2 Å². The lowest BCUT2D eigenvalue weighted by molar-refractivity contribution is 0.672. The minimum Gasteiger partial charge on any atom is -0.455 e. The Morgan fingerprint density at radius 2 is 0.451 bits per heavy atom. The normalized spacial score (nSPS) is 11.7. The molecule has 22 rings (SSSR count). The third-order valence-electron chi connectivity index (χ3n) is 20.4. The SMILES string of the molecule is c1ccc(-c2cc(-c3ccccc3)cc(-n3c4ccccc4c4c5oc6ccccc6c5ccc43)c2)cc1.c1ccc(-c2ccc(-n3c4ccccc4c4c5oc6ccccc6c5ccc43)cc2)cc1.c1ccc(-c2cccc(-n3c4ccccc4c4c5oc6ccccc6c5ccc43)c2)cc1. The van der Waals surface area contributed by atoms with Gasteiger partial charge in [-0.2, -0.15) is 0 Å². The summed E-state index contributed by atoms with van der Waals surface area (Å²) < 4.78 is 26.4. The van der Waals surface area contributed by atoms with E-state index in [0.29, 0.717) is 0 Å². The van der Waals surface area contributed by atoms with E-state index in [4.69, 9.17) is 13.3 Å². The van der Waals surface area contributed by atoms with Gasteiger partial charge in [0.25, 0.3) is 0 Å². The Kier molecular flexibility index (Phi) is 13.8. The molecule has 0 unspecified atom stereocenters. The molecule has 0 saturated heterocycles. The van der Waals surface area contributed by atoms with E-state index in [1.165, 1.54) is 88.0 Å². The molecule has 0 atom stereocenters. The highest BCUT2D eigenvalue weighted by atomic mass is 16.3. The Hall–Kier alpha value is -13.7. The molecule has 0 bridgehead atoms. The second-order valence-electron chi connectivity index (χ2n) is 26.2. The third-order valence-corrected chi connectivity index (χ3v) is 20.4. The Balaban J connectivity index is 0.000000103. The van der Waals surface area contributed by atoms with E-state index < -0.39 is 0 Å². The Bertz CT molecular complexity index is 6910. The maximum absolute atomic E-state index is 6.50. The average molecular weight is 1300 g/mol. The first kappa shape index (κ1) is 58.5. The van der Waals surface area contributed by atoms with Gasteiger partial charge in [-0.1, -0.05) is 255 Å². The zero-order valence-corrected chi connectivity index (χ0v) is 55.3. The van der Waals surface area contributed by atoms with Crippen LogP contribution in [0.4, 0.5) is 0 Å². The minimum atomic E-state index is 0.921. The number of benzene rings is 16. The van der Waals surface area contributed by atoms with Gasteiger partial charge in [-0.05, 0) is 160 Å². The van der Waals surface area contributed by atoms with E-state index >= 15 is 0 Å². The molecule has 0 fully saturated rings. The number of furan rings is 3. The fraction of sp³-hybridized carbons (Fsp3) is 0. The van der Waals surface area contributed by atoms with Crippen molar-refractivity contribution in [3.8, 4) is 61.6 Å². The zero-order valence-electron chi connectivity index (χ0n) is 55.3. The van der Waals surface area contributed by atoms with E-state index in [-0.39, 0.29) is 0 Å². The second kappa shape index (κ2) is 24.1. The monoisotopic (exact) mass is 1300 g/mol. The maximum Gasteiger partial charge on any atom is 0.145 e. The van der Waals surface area contributed by atoms with Gasteiger partial charge in [0.15, 0.2) is 0 Å². The van der Waals surface area contributed by atoms with Crippen molar-refractivity contribution in [1.82, 2.24) is 13.7 Å². The molecule has 0 aliphatic heterocycles. The fourth-order valence-corrected chi connectivity index (χ4v) is 15.8. The number of fused-ring (bicyclic) bond motifs is 21. The van der Waals surface area contributed by atoms with E-state index in [9.17, 15) is 0 Å². The summed E-state index contributed by atoms with van der Waals surface area (Å²) in [5, 5.41) is 14.0. The quantitative estimate of drug-likeness (QED) is 0.160. The molecule has 6 aromatic heterocycles. The molecule has 0 amide bonds. The lowest BCUT2D eigenvalue weighted by atomic mass is 9.98. The largest absolute Gasteiger partial charge is 0.455 e. The van der Waals surface area contributed by atoms with Crippen molar-refractivity contribution in [2.24, 2.45) is 0 Å². The third kappa shape index (κ3) is 9.64. The average Bonchev–Trinajstić information content (AvgIpc) is 1.58. The summed E-state index contributed by atoms with van der Waals surface area (Å²) in [5.41, 5.74) is 25.7. The molecule has 16 aromatic carbocycles. The predicted molar refractivity (Wildman–Crippen MR) is 426 cm³/mol. The smallest absolute Gasteiger partial charge is 0.145 e. The highest BCUT2D eigenvalue weighted by Crippen LogP contribution is 2.45. The van der Waals surface area contributed by atoms with Gasteiger partial charge in [-0.15, -0.1) is 0 Å². The summed E-state index contributed by atoms with van der Waals surface area (Å²) in [6.45, 7) is 0. The van der Waals surface area contributed by atoms with Crippen LogP contribution in [-0.2, 0) is 0 Å². The Morgan fingerprint density at radius 1 is 0.157 bits per heavy atom. The van der Waals surface area contributed by atoms with Crippen molar-refractivity contribution in [3.05, 3.63) is 370 Å². The molecule has 0 radical (unpaired) electrons. The van der Waals surface area contributed by atoms with Crippen molar-refractivity contribution in [1.29, 1.82) is 0 Å². The first-order valence-corrected chi connectivity index (χ1v) is 34.7. The highest BCUT2D eigenvalue weighted by Gasteiger charge is 2.23. The highest BCUT2D eigenvalue weighted by molar-refractivity contribution is 6.26. The standard InChI is InChI=1S/C36H23NO.2C30H19NO/c1-3-11-24(12-4-1)26-21-27(25-13-5-2-6-14-25)23-28(22-26)37-32-17-9-7-16-31(32)35-33(37)20-19-30-29-15-8-10-18-34(29)38-36(30)35;1-2-9-20(10-3-1)21-11-8-12-22(19-21)31-26-15-6-4-14-25(26)29-27(31)18-17-24-23-13-5-7-16-28(23)32-30(24)29;1-2-8-20(9-3-1)21-14-16-22(17-15-21)31-26-12-6-4-11-25(26)29-27(31)19-18-24-23-10-5-7-13-28(23)32-30(24)29/h1-23H;2*1-19H. The minimum absolute atomic E-state index is 0.921. The van der Waals surface area contributed by atoms with Gasteiger partial charge in [0.1, 0.15) is 33.5 Å². The van der Waals surface area contributed by atoms with Crippen molar-refractivity contribution in [2.75, 3.05) is 0 Å². The van der Waals surface area contributed by atoms with Crippen LogP contribution in [0.2, 0.25) is 0 Å².